The van der Waals surface area contributed by atoms with Crippen molar-refractivity contribution >= 4 is 27.3 Å². The summed E-state index contributed by atoms with van der Waals surface area (Å²) in [7, 11) is -3.89. The lowest BCUT2D eigenvalue weighted by molar-refractivity contribution is -0.115. The lowest BCUT2D eigenvalue weighted by atomic mass is 9.99. The minimum absolute atomic E-state index is 0.0227. The number of hydrogen-bond acceptors (Lipinski definition) is 4. The Labute approximate surface area is 164 Å². The number of amides is 1. The van der Waals surface area contributed by atoms with Gasteiger partial charge < -0.3 is 10.2 Å². The maximum atomic E-state index is 14.5. The van der Waals surface area contributed by atoms with E-state index in [9.17, 15) is 17.6 Å². The van der Waals surface area contributed by atoms with Crippen molar-refractivity contribution in [3.8, 4) is 0 Å². The van der Waals surface area contributed by atoms with Gasteiger partial charge in [-0.15, -0.1) is 0 Å². The monoisotopic (exact) mass is 405 g/mol. The molecule has 6 nitrogen and oxygen atoms in total. The maximum Gasteiger partial charge on any atom is 0.243 e. The zero-order valence-corrected chi connectivity index (χ0v) is 17.0. The van der Waals surface area contributed by atoms with E-state index in [0.29, 0.717) is 23.5 Å². The Hall–Kier alpha value is -2.45. The van der Waals surface area contributed by atoms with Gasteiger partial charge in [0.15, 0.2) is 0 Å². The van der Waals surface area contributed by atoms with Crippen LogP contribution in [0, 0.1) is 26.6 Å². The summed E-state index contributed by atoms with van der Waals surface area (Å²) >= 11 is 0. The second-order valence-corrected chi connectivity index (χ2v) is 8.85. The summed E-state index contributed by atoms with van der Waals surface area (Å²) in [5.41, 5.74) is 4.07. The number of aryl methyl sites for hydroxylation is 3. The van der Waals surface area contributed by atoms with Gasteiger partial charge in [-0.05, 0) is 74.1 Å². The largest absolute Gasteiger partial charge is 0.360 e. The number of anilines is 2. The fraction of sp³-hybridized carbons (Fsp3) is 0.350. The second kappa shape index (κ2) is 7.52. The molecule has 1 heterocycles. The van der Waals surface area contributed by atoms with Gasteiger partial charge in [0.1, 0.15) is 5.82 Å². The molecule has 0 saturated carbocycles. The van der Waals surface area contributed by atoms with Crippen LogP contribution in [0.5, 0.6) is 0 Å². The molecular weight excluding hydrogens is 381 g/mol. The van der Waals surface area contributed by atoms with Gasteiger partial charge >= 0.3 is 0 Å². The number of hydrogen-bond donors (Lipinski definition) is 2. The minimum Gasteiger partial charge on any atom is -0.360 e. The van der Waals surface area contributed by atoms with E-state index < -0.39 is 10.0 Å². The predicted molar refractivity (Wildman–Crippen MR) is 108 cm³/mol. The fourth-order valence-electron chi connectivity index (χ4n) is 3.56. The van der Waals surface area contributed by atoms with Crippen molar-refractivity contribution in [1.82, 2.24) is 0 Å². The summed E-state index contributed by atoms with van der Waals surface area (Å²) in [4.78, 5) is 14.3. The number of nitrogens with one attached hydrogen (secondary N) is 1. The van der Waals surface area contributed by atoms with Crippen molar-refractivity contribution in [3.63, 3.8) is 0 Å². The first-order valence-electron chi connectivity index (χ1n) is 9.04. The number of fused-ring (bicyclic) bond motifs is 1. The summed E-state index contributed by atoms with van der Waals surface area (Å²) in [5, 5.41) is 7.97. The third-order valence-corrected chi connectivity index (χ3v) is 5.95. The normalized spacial score (nSPS) is 14.0. The third-order valence-electron chi connectivity index (χ3n) is 5.06. The van der Waals surface area contributed by atoms with E-state index >= 15 is 0 Å². The van der Waals surface area contributed by atoms with Crippen LogP contribution < -0.4 is 15.4 Å². The van der Waals surface area contributed by atoms with E-state index in [-0.39, 0.29) is 23.2 Å². The molecule has 2 aromatic rings. The van der Waals surface area contributed by atoms with Crippen molar-refractivity contribution in [1.29, 1.82) is 0 Å². The van der Waals surface area contributed by atoms with Crippen LogP contribution in [0.25, 0.3) is 0 Å². The van der Waals surface area contributed by atoms with Crippen molar-refractivity contribution in [2.45, 2.75) is 38.5 Å². The first-order valence-corrected chi connectivity index (χ1v) is 10.6. The van der Waals surface area contributed by atoms with E-state index in [1.807, 2.05) is 13.0 Å². The molecule has 0 bridgehead atoms. The molecule has 1 aliphatic rings. The lowest BCUT2D eigenvalue weighted by Crippen LogP contribution is -2.37. The van der Waals surface area contributed by atoms with Crippen LogP contribution in [-0.2, 0) is 21.2 Å². The summed E-state index contributed by atoms with van der Waals surface area (Å²) in [6.45, 7) is 5.94. The van der Waals surface area contributed by atoms with Crippen LogP contribution in [-0.4, -0.2) is 27.4 Å². The van der Waals surface area contributed by atoms with Gasteiger partial charge in [-0.2, -0.15) is 0 Å². The van der Waals surface area contributed by atoms with Crippen LogP contribution >= 0.6 is 0 Å². The topological polar surface area (TPSA) is 92.5 Å². The zero-order valence-electron chi connectivity index (χ0n) is 16.2. The molecule has 1 amide bonds. The van der Waals surface area contributed by atoms with Gasteiger partial charge in [0, 0.05) is 12.2 Å². The predicted octanol–water partition coefficient (Wildman–Crippen LogP) is 2.79. The van der Waals surface area contributed by atoms with Gasteiger partial charge in [-0.3, -0.25) is 4.79 Å². The zero-order chi connectivity index (χ0) is 20.6. The maximum absolute atomic E-state index is 14.5. The average molecular weight is 405 g/mol. The summed E-state index contributed by atoms with van der Waals surface area (Å²) < 4.78 is 37.8. The molecule has 1 aliphatic heterocycles. The molecule has 0 saturated heterocycles. The molecular formula is C20H24FN3O3S. The highest BCUT2D eigenvalue weighted by atomic mass is 32.2. The molecule has 0 unspecified atom stereocenters. The number of nitrogens with zero attached hydrogens (tertiary/aromatic N) is 1. The fourth-order valence-corrected chi connectivity index (χ4v) is 4.19. The van der Waals surface area contributed by atoms with Crippen LogP contribution in [0.1, 0.15) is 28.7 Å². The van der Waals surface area contributed by atoms with E-state index in [2.05, 4.69) is 5.32 Å². The Kier molecular flexibility index (Phi) is 5.45. The van der Waals surface area contributed by atoms with Crippen molar-refractivity contribution < 1.29 is 17.6 Å². The summed E-state index contributed by atoms with van der Waals surface area (Å²) in [6, 6.07) is 6.24. The molecule has 0 fully saturated rings. The van der Waals surface area contributed by atoms with E-state index in [0.717, 1.165) is 29.5 Å². The molecule has 0 aliphatic carbocycles. The smallest absolute Gasteiger partial charge is 0.243 e. The number of carbonyl (C=O) groups is 1. The minimum atomic E-state index is -3.89. The molecule has 8 heteroatoms. The molecule has 150 valence electrons. The van der Waals surface area contributed by atoms with Gasteiger partial charge in [0.2, 0.25) is 15.9 Å². The average Bonchev–Trinajstić information content (AvgIpc) is 2.57. The Morgan fingerprint density at radius 1 is 1.21 bits per heavy atom. The molecule has 28 heavy (non-hydrogen) atoms. The van der Waals surface area contributed by atoms with Crippen LogP contribution in [0.2, 0.25) is 0 Å². The highest BCUT2D eigenvalue weighted by Gasteiger charge is 2.23. The number of halogens is 1. The molecule has 2 aromatic carbocycles. The summed E-state index contributed by atoms with van der Waals surface area (Å²) in [5.74, 6) is -0.673. The molecule has 0 aromatic heterocycles. The van der Waals surface area contributed by atoms with Crippen molar-refractivity contribution in [2.75, 3.05) is 23.3 Å². The third kappa shape index (κ3) is 4.18. The molecule has 3 N–H and O–H groups in total. The van der Waals surface area contributed by atoms with Gasteiger partial charge in [0.25, 0.3) is 0 Å². The first-order chi connectivity index (χ1) is 13.1. The lowest BCUT2D eigenvalue weighted by Gasteiger charge is -2.31. The Bertz CT molecular complexity index is 1050. The number of benzene rings is 2. The van der Waals surface area contributed by atoms with Gasteiger partial charge in [0.05, 0.1) is 17.1 Å². The molecule has 0 atom stereocenters. The number of primary sulfonamides is 1. The molecule has 3 rings (SSSR count). The standard InChI is InChI=1S/C20H24FN3O3S/c1-12-7-15-5-4-6-24(20(15)17(21)8-12)11-19(25)23-18-10-16(28(22,26)27)9-13(2)14(18)3/h7-10H,4-6,11H2,1-3H3,(H,23,25)(H2,22,26,27). The Balaban J connectivity index is 1.84. The number of carbonyl (C=O) groups excluding carboxylic acids is 1. The Morgan fingerprint density at radius 3 is 2.61 bits per heavy atom. The van der Waals surface area contributed by atoms with E-state index in [1.54, 1.807) is 18.7 Å². The highest BCUT2D eigenvalue weighted by Crippen LogP contribution is 2.31. The number of nitrogens with two attached hydrogens (primary N) is 1. The molecule has 0 spiro atoms. The van der Waals surface area contributed by atoms with E-state index in [1.165, 1.54) is 18.2 Å². The SMILES string of the molecule is Cc1cc(F)c2c(c1)CCCN2CC(=O)Nc1cc(S(N)(=O)=O)cc(C)c1C. The summed E-state index contributed by atoms with van der Waals surface area (Å²) in [6.07, 6.45) is 1.61. The number of sulfonamides is 1. The van der Waals surface area contributed by atoms with Gasteiger partial charge in [-0.1, -0.05) is 6.07 Å². The van der Waals surface area contributed by atoms with Crippen LogP contribution in [0.4, 0.5) is 15.8 Å². The number of rotatable bonds is 4. The second-order valence-electron chi connectivity index (χ2n) is 7.29. The van der Waals surface area contributed by atoms with Crippen LogP contribution in [0.3, 0.4) is 0 Å². The first kappa shape index (κ1) is 20.3. The van der Waals surface area contributed by atoms with Crippen molar-refractivity contribution in [2.24, 2.45) is 5.14 Å². The van der Waals surface area contributed by atoms with Crippen LogP contribution in [0.15, 0.2) is 29.2 Å². The molecule has 0 radical (unpaired) electrons. The highest BCUT2D eigenvalue weighted by molar-refractivity contribution is 7.89. The quantitative estimate of drug-likeness (QED) is 0.818. The van der Waals surface area contributed by atoms with Crippen molar-refractivity contribution in [3.05, 3.63) is 52.3 Å². The Morgan fingerprint density at radius 2 is 1.93 bits per heavy atom. The van der Waals surface area contributed by atoms with Gasteiger partial charge in [-0.25, -0.2) is 17.9 Å². The van der Waals surface area contributed by atoms with E-state index in [4.69, 9.17) is 5.14 Å².